The molecule has 0 saturated carbocycles. The van der Waals surface area contributed by atoms with Crippen LogP contribution in [0.4, 0.5) is 4.39 Å². The Morgan fingerprint density at radius 1 is 1.07 bits per heavy atom. The van der Waals surface area contributed by atoms with E-state index >= 15 is 0 Å². The third-order valence-corrected chi connectivity index (χ3v) is 6.24. The summed E-state index contributed by atoms with van der Waals surface area (Å²) in [5.41, 5.74) is -1.89. The fourth-order valence-electron chi connectivity index (χ4n) is 2.37. The second kappa shape index (κ2) is 8.32. The van der Waals surface area contributed by atoms with Crippen LogP contribution in [-0.4, -0.2) is 23.3 Å². The number of ether oxygens (including phenoxy) is 1. The van der Waals surface area contributed by atoms with Crippen LogP contribution in [0.1, 0.15) is 5.69 Å². The third-order valence-electron chi connectivity index (χ3n) is 3.65. The highest BCUT2D eigenvalue weighted by Gasteiger charge is 2.27. The second-order valence-corrected chi connectivity index (χ2v) is 8.20. The summed E-state index contributed by atoms with van der Waals surface area (Å²) in [5.74, 6) is -1.85. The number of carbonyl (C=O) groups is 1. The average molecular weight is 457 g/mol. The number of nitrogens with zero attached hydrogens (tertiary/aromatic N) is 2. The van der Waals surface area contributed by atoms with E-state index < -0.39 is 44.5 Å². The van der Waals surface area contributed by atoms with Crippen molar-refractivity contribution in [2.75, 3.05) is 0 Å². The number of carbonyl (C=O) groups excluding carboxylic acids is 1. The third kappa shape index (κ3) is 4.47. The Labute approximate surface area is 174 Å². The maximum Gasteiger partial charge on any atom is 0.362 e. The number of para-hydroxylation sites is 1. The molecule has 0 amide bonds. The van der Waals surface area contributed by atoms with E-state index in [0.717, 1.165) is 0 Å². The number of rotatable bonds is 5. The molecule has 1 aromatic heterocycles. The molecule has 0 N–H and O–H groups in total. The largest absolute Gasteiger partial charge is 0.426 e. The SMILES string of the molecule is O=C(Cc1nc(=O)n(S(=O)(=O)c2c(Cl)cccc2Cl)cc1F)Oc1ccccc1. The lowest BCUT2D eigenvalue weighted by Crippen LogP contribution is -2.32. The van der Waals surface area contributed by atoms with Crippen LogP contribution in [-0.2, 0) is 21.2 Å². The molecule has 0 atom stereocenters. The average Bonchev–Trinajstić information content (AvgIpc) is 2.64. The zero-order chi connectivity index (χ0) is 21.2. The zero-order valence-corrected chi connectivity index (χ0v) is 16.7. The summed E-state index contributed by atoms with van der Waals surface area (Å²) < 4.78 is 44.9. The highest BCUT2D eigenvalue weighted by atomic mass is 35.5. The molecule has 7 nitrogen and oxygen atoms in total. The Morgan fingerprint density at radius 2 is 1.69 bits per heavy atom. The topological polar surface area (TPSA) is 95.3 Å². The van der Waals surface area contributed by atoms with Gasteiger partial charge in [-0.1, -0.05) is 47.5 Å². The predicted octanol–water partition coefficient (Wildman–Crippen LogP) is 3.07. The first-order chi connectivity index (χ1) is 13.7. The minimum absolute atomic E-state index is 0.0709. The molecule has 0 radical (unpaired) electrons. The van der Waals surface area contributed by atoms with E-state index in [1.54, 1.807) is 18.2 Å². The summed E-state index contributed by atoms with van der Waals surface area (Å²) in [5, 5.41) is -0.499. The molecule has 0 aliphatic carbocycles. The molecular formula is C18H11Cl2FN2O5S. The quantitative estimate of drug-likeness (QED) is 0.432. The summed E-state index contributed by atoms with van der Waals surface area (Å²) in [6.07, 6.45) is -0.265. The minimum Gasteiger partial charge on any atom is -0.426 e. The van der Waals surface area contributed by atoms with Crippen LogP contribution in [0, 0.1) is 5.82 Å². The monoisotopic (exact) mass is 456 g/mol. The summed E-state index contributed by atoms with van der Waals surface area (Å²) >= 11 is 11.8. The van der Waals surface area contributed by atoms with Gasteiger partial charge in [0.05, 0.1) is 28.4 Å². The van der Waals surface area contributed by atoms with Crippen molar-refractivity contribution in [3.05, 3.63) is 86.8 Å². The molecule has 3 aromatic rings. The molecule has 0 aliphatic rings. The molecule has 0 fully saturated rings. The first kappa shape index (κ1) is 21.0. The fraction of sp³-hybridized carbons (Fsp3) is 0.0556. The van der Waals surface area contributed by atoms with Crippen LogP contribution >= 0.6 is 23.2 Å². The summed E-state index contributed by atoms with van der Waals surface area (Å²) in [6.45, 7) is 0. The van der Waals surface area contributed by atoms with Crippen molar-refractivity contribution in [1.82, 2.24) is 8.96 Å². The van der Waals surface area contributed by atoms with Gasteiger partial charge in [-0.25, -0.2) is 17.6 Å². The number of hydrogen-bond acceptors (Lipinski definition) is 6. The van der Waals surface area contributed by atoms with Gasteiger partial charge in [0, 0.05) is 0 Å². The van der Waals surface area contributed by atoms with Crippen molar-refractivity contribution in [3.63, 3.8) is 0 Å². The maximum absolute atomic E-state index is 14.4. The number of aromatic nitrogens is 2. The van der Waals surface area contributed by atoms with E-state index in [9.17, 15) is 22.4 Å². The number of benzene rings is 2. The maximum atomic E-state index is 14.4. The normalized spacial score (nSPS) is 11.3. The van der Waals surface area contributed by atoms with Crippen LogP contribution < -0.4 is 10.4 Å². The van der Waals surface area contributed by atoms with Gasteiger partial charge < -0.3 is 4.74 Å². The molecule has 1 heterocycles. The molecule has 0 spiro atoms. The Bertz CT molecular complexity index is 1230. The lowest BCUT2D eigenvalue weighted by Gasteiger charge is -2.11. The first-order valence-corrected chi connectivity index (χ1v) is 10.1. The summed E-state index contributed by atoms with van der Waals surface area (Å²) in [6, 6.07) is 11.9. The van der Waals surface area contributed by atoms with Gasteiger partial charge in [-0.05, 0) is 24.3 Å². The van der Waals surface area contributed by atoms with Crippen LogP contribution in [0.15, 0.2) is 64.4 Å². The number of halogens is 3. The van der Waals surface area contributed by atoms with Gasteiger partial charge in [0.1, 0.15) is 10.6 Å². The van der Waals surface area contributed by atoms with Crippen LogP contribution in [0.3, 0.4) is 0 Å². The van der Waals surface area contributed by atoms with E-state index in [1.165, 1.54) is 30.3 Å². The van der Waals surface area contributed by atoms with E-state index in [0.29, 0.717) is 6.20 Å². The van der Waals surface area contributed by atoms with Gasteiger partial charge in [0.25, 0.3) is 10.0 Å². The van der Waals surface area contributed by atoms with Crippen LogP contribution in [0.2, 0.25) is 10.0 Å². The first-order valence-electron chi connectivity index (χ1n) is 7.93. The van der Waals surface area contributed by atoms with Crippen molar-refractivity contribution >= 4 is 39.2 Å². The molecule has 0 bridgehead atoms. The van der Waals surface area contributed by atoms with E-state index in [1.807, 2.05) is 0 Å². The zero-order valence-electron chi connectivity index (χ0n) is 14.4. The Kier molecular flexibility index (Phi) is 6.02. The Morgan fingerprint density at radius 3 is 2.31 bits per heavy atom. The van der Waals surface area contributed by atoms with Gasteiger partial charge >= 0.3 is 11.7 Å². The molecule has 2 aromatic carbocycles. The molecule has 29 heavy (non-hydrogen) atoms. The van der Waals surface area contributed by atoms with E-state index in [4.69, 9.17) is 27.9 Å². The van der Waals surface area contributed by atoms with Gasteiger partial charge in [0.15, 0.2) is 5.82 Å². The van der Waals surface area contributed by atoms with Crippen molar-refractivity contribution in [3.8, 4) is 5.75 Å². The van der Waals surface area contributed by atoms with Gasteiger partial charge in [0.2, 0.25) is 0 Å². The van der Waals surface area contributed by atoms with Gasteiger partial charge in [-0.2, -0.15) is 8.96 Å². The Hall–Kier alpha value is -2.75. The van der Waals surface area contributed by atoms with Gasteiger partial charge in [-0.15, -0.1) is 0 Å². The molecule has 0 unspecified atom stereocenters. The predicted molar refractivity (Wildman–Crippen MR) is 103 cm³/mol. The standard InChI is InChI=1S/C18H11Cl2FN2O5S/c19-12-7-4-8-13(20)17(12)29(26,27)23-10-14(21)15(22-18(23)25)9-16(24)28-11-5-2-1-3-6-11/h1-8,10H,9H2. The van der Waals surface area contributed by atoms with Crippen LogP contribution in [0.5, 0.6) is 5.75 Å². The highest BCUT2D eigenvalue weighted by Crippen LogP contribution is 2.30. The summed E-state index contributed by atoms with van der Waals surface area (Å²) in [4.78, 5) is 27.0. The molecule has 0 saturated heterocycles. The highest BCUT2D eigenvalue weighted by molar-refractivity contribution is 7.90. The van der Waals surface area contributed by atoms with E-state index in [2.05, 4.69) is 4.98 Å². The molecular weight excluding hydrogens is 446 g/mol. The lowest BCUT2D eigenvalue weighted by atomic mass is 10.3. The second-order valence-electron chi connectivity index (χ2n) is 5.63. The van der Waals surface area contributed by atoms with E-state index in [-0.39, 0.29) is 19.8 Å². The Balaban J connectivity index is 1.94. The van der Waals surface area contributed by atoms with Crippen molar-refractivity contribution in [2.45, 2.75) is 11.3 Å². The molecule has 11 heteroatoms. The van der Waals surface area contributed by atoms with Crippen molar-refractivity contribution < 1.29 is 22.3 Å². The molecule has 0 aliphatic heterocycles. The number of hydrogen-bond donors (Lipinski definition) is 0. The lowest BCUT2D eigenvalue weighted by molar-refractivity contribution is -0.133. The fourth-order valence-corrected chi connectivity index (χ4v) is 4.65. The minimum atomic E-state index is -4.63. The van der Waals surface area contributed by atoms with Gasteiger partial charge in [-0.3, -0.25) is 4.79 Å². The van der Waals surface area contributed by atoms with Crippen LogP contribution in [0.25, 0.3) is 0 Å². The molecule has 150 valence electrons. The molecule has 3 rings (SSSR count). The van der Waals surface area contributed by atoms with Crippen molar-refractivity contribution in [2.24, 2.45) is 0 Å². The van der Waals surface area contributed by atoms with Crippen molar-refractivity contribution in [1.29, 1.82) is 0 Å². The summed E-state index contributed by atoms with van der Waals surface area (Å²) in [7, 11) is -4.63. The number of esters is 1. The smallest absolute Gasteiger partial charge is 0.362 e.